The van der Waals surface area contributed by atoms with Gasteiger partial charge in [-0.15, -0.1) is 0 Å². The smallest absolute Gasteiger partial charge is 0.255 e. The van der Waals surface area contributed by atoms with Crippen molar-refractivity contribution in [2.45, 2.75) is 32.2 Å². The van der Waals surface area contributed by atoms with Crippen LogP contribution in [0.1, 0.15) is 46.1 Å². The van der Waals surface area contributed by atoms with Crippen molar-refractivity contribution in [3.63, 3.8) is 0 Å². The highest BCUT2D eigenvalue weighted by Crippen LogP contribution is 2.30. The van der Waals surface area contributed by atoms with Gasteiger partial charge in [-0.1, -0.05) is 36.4 Å². The number of rotatable bonds is 3. The predicted molar refractivity (Wildman–Crippen MR) is 114 cm³/mol. The Morgan fingerprint density at radius 3 is 2.83 bits per heavy atom. The summed E-state index contributed by atoms with van der Waals surface area (Å²) >= 11 is 0. The average Bonchev–Trinajstić information content (AvgIpc) is 3.26. The topological polar surface area (TPSA) is 88.0 Å². The lowest BCUT2D eigenvalue weighted by molar-refractivity contribution is 0.0932. The zero-order valence-corrected chi connectivity index (χ0v) is 16.6. The molecule has 1 aliphatic carbocycles. The van der Waals surface area contributed by atoms with Crippen molar-refractivity contribution < 1.29 is 9.21 Å². The molecule has 0 aliphatic heterocycles. The van der Waals surface area contributed by atoms with Gasteiger partial charge in [0.2, 0.25) is 0 Å². The molecule has 1 aliphatic rings. The first-order chi connectivity index (χ1) is 14.6. The van der Waals surface area contributed by atoms with Crippen molar-refractivity contribution in [1.82, 2.24) is 15.5 Å². The molecule has 150 valence electrons. The Balaban J connectivity index is 1.59. The Labute approximate surface area is 172 Å². The third-order valence-corrected chi connectivity index (χ3v) is 5.77. The summed E-state index contributed by atoms with van der Waals surface area (Å²) in [5.74, 6) is 0.223. The molecule has 6 nitrogen and oxygen atoms in total. The molecule has 0 saturated heterocycles. The summed E-state index contributed by atoms with van der Waals surface area (Å²) < 4.78 is 6.17. The molecule has 6 heteroatoms. The first kappa shape index (κ1) is 18.4. The fourth-order valence-corrected chi connectivity index (χ4v) is 4.20. The molecule has 2 heterocycles. The number of aryl methyl sites for hydroxylation is 1. The zero-order valence-electron chi connectivity index (χ0n) is 16.6. The van der Waals surface area contributed by atoms with Gasteiger partial charge in [0, 0.05) is 11.1 Å². The summed E-state index contributed by atoms with van der Waals surface area (Å²) in [5.41, 5.74) is 3.96. The summed E-state index contributed by atoms with van der Waals surface area (Å²) in [7, 11) is 0. The van der Waals surface area contributed by atoms with E-state index in [4.69, 9.17) is 4.42 Å². The number of hydrogen-bond acceptors (Lipinski definition) is 4. The highest BCUT2D eigenvalue weighted by atomic mass is 16.3. The van der Waals surface area contributed by atoms with Gasteiger partial charge in [-0.3, -0.25) is 14.7 Å². The second-order valence-electron chi connectivity index (χ2n) is 7.66. The van der Waals surface area contributed by atoms with Crippen LogP contribution in [0.2, 0.25) is 0 Å². The standard InChI is InChI=1S/C24H21N3O3/c1-14-21(28)17-10-6-11-18(23(17)30-22(14)15-7-3-2-4-8-15)24(29)26-19-12-5-9-16-13-25-27-20(16)19/h2-4,6-8,10-11,13,19H,5,9,12H2,1H3,(H,25,27)(H,26,29). The number of H-pyrrole nitrogens is 1. The average molecular weight is 399 g/mol. The van der Waals surface area contributed by atoms with Crippen LogP contribution in [0.15, 0.2) is 63.9 Å². The number of aromatic amines is 1. The van der Waals surface area contributed by atoms with Crippen LogP contribution >= 0.6 is 0 Å². The number of nitrogens with zero attached hydrogens (tertiary/aromatic N) is 1. The van der Waals surface area contributed by atoms with Gasteiger partial charge in [-0.25, -0.2) is 0 Å². The number of fused-ring (bicyclic) bond motifs is 2. The lowest BCUT2D eigenvalue weighted by Gasteiger charge is -2.23. The molecule has 0 spiro atoms. The molecule has 0 saturated carbocycles. The number of nitrogens with one attached hydrogen (secondary N) is 2. The SMILES string of the molecule is Cc1c(-c2ccccc2)oc2c(C(=O)NC3CCCc4cn[nH]c43)cccc2c1=O. The minimum Gasteiger partial charge on any atom is -0.455 e. The summed E-state index contributed by atoms with van der Waals surface area (Å²) in [4.78, 5) is 26.2. The quantitative estimate of drug-likeness (QED) is 0.538. The van der Waals surface area contributed by atoms with E-state index >= 15 is 0 Å². The number of carbonyl (C=O) groups excluding carboxylic acids is 1. The van der Waals surface area contributed by atoms with Gasteiger partial charge in [-0.2, -0.15) is 5.10 Å². The molecule has 30 heavy (non-hydrogen) atoms. The van der Waals surface area contributed by atoms with Gasteiger partial charge in [0.1, 0.15) is 5.76 Å². The Hall–Kier alpha value is -3.67. The molecule has 2 aromatic heterocycles. The molecule has 0 bridgehead atoms. The summed E-state index contributed by atoms with van der Waals surface area (Å²) in [6, 6.07) is 14.5. The Bertz CT molecular complexity index is 1300. The molecular formula is C24H21N3O3. The fraction of sp³-hybridized carbons (Fsp3) is 0.208. The highest BCUT2D eigenvalue weighted by molar-refractivity contribution is 6.05. The fourth-order valence-electron chi connectivity index (χ4n) is 4.20. The van der Waals surface area contributed by atoms with Crippen molar-refractivity contribution in [2.24, 2.45) is 0 Å². The molecule has 1 atom stereocenters. The van der Waals surface area contributed by atoms with Crippen molar-refractivity contribution in [1.29, 1.82) is 0 Å². The van der Waals surface area contributed by atoms with E-state index in [-0.39, 0.29) is 17.4 Å². The molecule has 5 rings (SSSR count). The van der Waals surface area contributed by atoms with Gasteiger partial charge in [0.15, 0.2) is 11.0 Å². The first-order valence-corrected chi connectivity index (χ1v) is 10.1. The number of para-hydroxylation sites is 1. The zero-order chi connectivity index (χ0) is 20.7. The Kier molecular flexibility index (Phi) is 4.47. The van der Waals surface area contributed by atoms with Crippen LogP contribution in [-0.2, 0) is 6.42 Å². The van der Waals surface area contributed by atoms with Gasteiger partial charge < -0.3 is 9.73 Å². The molecule has 2 N–H and O–H groups in total. The highest BCUT2D eigenvalue weighted by Gasteiger charge is 2.25. The third kappa shape index (κ3) is 3.01. The van der Waals surface area contributed by atoms with E-state index in [1.807, 2.05) is 36.5 Å². The number of aromatic nitrogens is 2. The normalized spacial score (nSPS) is 15.7. The van der Waals surface area contributed by atoms with Crippen molar-refractivity contribution >= 4 is 16.9 Å². The lowest BCUT2D eigenvalue weighted by Crippen LogP contribution is -2.31. The third-order valence-electron chi connectivity index (χ3n) is 5.77. The van der Waals surface area contributed by atoms with Gasteiger partial charge in [0.05, 0.1) is 28.9 Å². The summed E-state index contributed by atoms with van der Waals surface area (Å²) in [5, 5.41) is 10.6. The second kappa shape index (κ2) is 7.30. The molecule has 1 unspecified atom stereocenters. The number of benzene rings is 2. The van der Waals surface area contributed by atoms with Crippen LogP contribution in [0.5, 0.6) is 0 Å². The van der Waals surface area contributed by atoms with Gasteiger partial charge >= 0.3 is 0 Å². The van der Waals surface area contributed by atoms with Crippen molar-refractivity contribution in [2.75, 3.05) is 0 Å². The molecule has 0 radical (unpaired) electrons. The predicted octanol–water partition coefficient (Wildman–Crippen LogP) is 4.30. The molecule has 4 aromatic rings. The Morgan fingerprint density at radius 2 is 2.00 bits per heavy atom. The maximum Gasteiger partial charge on any atom is 0.255 e. The van der Waals surface area contributed by atoms with Crippen LogP contribution in [-0.4, -0.2) is 16.1 Å². The van der Waals surface area contributed by atoms with Crippen LogP contribution < -0.4 is 10.7 Å². The van der Waals surface area contributed by atoms with Crippen LogP contribution in [0.25, 0.3) is 22.3 Å². The van der Waals surface area contributed by atoms with E-state index < -0.39 is 0 Å². The van der Waals surface area contributed by atoms with Crippen LogP contribution in [0, 0.1) is 6.92 Å². The number of amides is 1. The van der Waals surface area contributed by atoms with E-state index in [1.54, 1.807) is 25.1 Å². The van der Waals surface area contributed by atoms with E-state index in [0.29, 0.717) is 27.9 Å². The van der Waals surface area contributed by atoms with Gasteiger partial charge in [0.25, 0.3) is 5.91 Å². The van der Waals surface area contributed by atoms with Crippen LogP contribution in [0.3, 0.4) is 0 Å². The monoisotopic (exact) mass is 399 g/mol. The lowest BCUT2D eigenvalue weighted by atomic mass is 9.93. The van der Waals surface area contributed by atoms with Crippen molar-refractivity contribution in [3.05, 3.63) is 87.3 Å². The Morgan fingerprint density at radius 1 is 1.17 bits per heavy atom. The molecule has 0 fully saturated rings. The molecule has 2 aromatic carbocycles. The van der Waals surface area contributed by atoms with Crippen LogP contribution in [0.4, 0.5) is 0 Å². The van der Waals surface area contributed by atoms with Crippen molar-refractivity contribution in [3.8, 4) is 11.3 Å². The van der Waals surface area contributed by atoms with E-state index in [1.165, 1.54) is 0 Å². The van der Waals surface area contributed by atoms with E-state index in [9.17, 15) is 9.59 Å². The number of hydrogen-bond donors (Lipinski definition) is 2. The largest absolute Gasteiger partial charge is 0.455 e. The first-order valence-electron chi connectivity index (χ1n) is 10.1. The maximum atomic E-state index is 13.2. The summed E-state index contributed by atoms with van der Waals surface area (Å²) in [6.07, 6.45) is 4.60. The molecule has 1 amide bonds. The minimum absolute atomic E-state index is 0.127. The molecular weight excluding hydrogens is 378 g/mol. The van der Waals surface area contributed by atoms with E-state index in [2.05, 4.69) is 15.5 Å². The van der Waals surface area contributed by atoms with Gasteiger partial charge in [-0.05, 0) is 43.9 Å². The summed E-state index contributed by atoms with van der Waals surface area (Å²) in [6.45, 7) is 1.75. The minimum atomic E-state index is -0.265. The van der Waals surface area contributed by atoms with E-state index in [0.717, 1.165) is 36.1 Å². The maximum absolute atomic E-state index is 13.2. The second-order valence-corrected chi connectivity index (χ2v) is 7.66. The number of carbonyl (C=O) groups is 1.